The number of hydrogen-bond donors (Lipinski definition) is 2. The van der Waals surface area contributed by atoms with Crippen LogP contribution in [0.25, 0.3) is 11.1 Å². The van der Waals surface area contributed by atoms with Gasteiger partial charge in [0.2, 0.25) is 11.7 Å². The van der Waals surface area contributed by atoms with E-state index in [9.17, 15) is 0 Å². The first-order valence-corrected chi connectivity index (χ1v) is 5.91. The van der Waals surface area contributed by atoms with Crippen LogP contribution in [-0.4, -0.2) is 31.2 Å². The molecule has 2 rings (SSSR count). The zero-order chi connectivity index (χ0) is 14.7. The molecule has 6 nitrogen and oxygen atoms in total. The zero-order valence-electron chi connectivity index (χ0n) is 11.5. The summed E-state index contributed by atoms with van der Waals surface area (Å²) >= 11 is 0. The molecule has 1 aromatic heterocycles. The number of nitrogens with zero attached hydrogens (tertiary/aromatic N) is 1. The third kappa shape index (κ3) is 2.40. The maximum atomic E-state index is 7.77. The molecule has 0 unspecified atom stereocenters. The quantitative estimate of drug-likeness (QED) is 0.664. The fourth-order valence-corrected chi connectivity index (χ4v) is 1.78. The molecule has 2 N–H and O–H groups in total. The molecule has 0 spiro atoms. The van der Waals surface area contributed by atoms with Crippen LogP contribution in [-0.2, 0) is 9.47 Å². The smallest absolute Gasteiger partial charge is 0.253 e. The zero-order valence-corrected chi connectivity index (χ0v) is 11.5. The number of aryl methyl sites for hydroxylation is 1. The number of aromatic nitrogens is 1. The third-order valence-corrected chi connectivity index (χ3v) is 2.86. The van der Waals surface area contributed by atoms with Crippen LogP contribution >= 0.6 is 0 Å². The van der Waals surface area contributed by atoms with Gasteiger partial charge in [-0.3, -0.25) is 10.8 Å². The van der Waals surface area contributed by atoms with Crippen molar-refractivity contribution in [2.75, 3.05) is 14.2 Å². The van der Waals surface area contributed by atoms with E-state index in [2.05, 4.69) is 5.16 Å². The van der Waals surface area contributed by atoms with E-state index in [1.807, 2.05) is 31.2 Å². The van der Waals surface area contributed by atoms with E-state index in [1.165, 1.54) is 14.2 Å². The highest BCUT2D eigenvalue weighted by Gasteiger charge is 2.25. The van der Waals surface area contributed by atoms with Crippen molar-refractivity contribution in [2.45, 2.75) is 6.92 Å². The summed E-state index contributed by atoms with van der Waals surface area (Å²) < 4.78 is 14.9. The second kappa shape index (κ2) is 5.56. The average molecular weight is 273 g/mol. The van der Waals surface area contributed by atoms with Gasteiger partial charge >= 0.3 is 0 Å². The van der Waals surface area contributed by atoms with Gasteiger partial charge in [0, 0.05) is 0 Å². The Morgan fingerprint density at radius 2 is 1.65 bits per heavy atom. The van der Waals surface area contributed by atoms with Crippen molar-refractivity contribution in [1.29, 1.82) is 10.8 Å². The fourth-order valence-electron chi connectivity index (χ4n) is 1.78. The van der Waals surface area contributed by atoms with Crippen LogP contribution in [0, 0.1) is 17.7 Å². The van der Waals surface area contributed by atoms with E-state index < -0.39 is 0 Å². The lowest BCUT2D eigenvalue weighted by molar-refractivity contribution is 0.352. The summed E-state index contributed by atoms with van der Waals surface area (Å²) in [5.74, 6) is -0.101. The van der Waals surface area contributed by atoms with Crippen LogP contribution in [0.5, 0.6) is 0 Å². The first-order chi connectivity index (χ1) is 9.58. The van der Waals surface area contributed by atoms with Crippen LogP contribution < -0.4 is 0 Å². The predicted molar refractivity (Wildman–Crippen MR) is 74.4 cm³/mol. The summed E-state index contributed by atoms with van der Waals surface area (Å²) in [4.78, 5) is 0. The van der Waals surface area contributed by atoms with Gasteiger partial charge in [0.25, 0.3) is 5.90 Å². The van der Waals surface area contributed by atoms with E-state index in [0.717, 1.165) is 11.1 Å². The molecule has 0 fully saturated rings. The lowest BCUT2D eigenvalue weighted by Gasteiger charge is -2.05. The van der Waals surface area contributed by atoms with Crippen molar-refractivity contribution in [3.63, 3.8) is 0 Å². The summed E-state index contributed by atoms with van der Waals surface area (Å²) in [6.45, 7) is 1.98. The van der Waals surface area contributed by atoms with E-state index in [-0.39, 0.29) is 23.2 Å². The molecule has 0 aliphatic heterocycles. The van der Waals surface area contributed by atoms with Crippen molar-refractivity contribution >= 4 is 11.8 Å². The van der Waals surface area contributed by atoms with Crippen molar-refractivity contribution in [2.24, 2.45) is 0 Å². The standard InChI is InChI=1S/C14H15N3O3/c1-8-4-6-9(7-5-8)10-11(13(15)18-2)17-20-12(10)14(16)19-3/h4-7,15-16H,1-3H3. The topological polar surface area (TPSA) is 92.2 Å². The fraction of sp³-hybridized carbons (Fsp3) is 0.214. The van der Waals surface area contributed by atoms with Crippen molar-refractivity contribution in [1.82, 2.24) is 5.16 Å². The SMILES string of the molecule is COC(=N)c1noc(C(=N)OC)c1-c1ccc(C)cc1. The number of rotatable bonds is 3. The van der Waals surface area contributed by atoms with Gasteiger partial charge in [-0.1, -0.05) is 35.0 Å². The highest BCUT2D eigenvalue weighted by molar-refractivity contribution is 6.04. The first-order valence-electron chi connectivity index (χ1n) is 5.91. The summed E-state index contributed by atoms with van der Waals surface area (Å²) in [6.07, 6.45) is 0. The van der Waals surface area contributed by atoms with E-state index in [1.54, 1.807) is 0 Å². The minimum absolute atomic E-state index is 0.125. The molecule has 0 aliphatic rings. The Kier molecular flexibility index (Phi) is 3.84. The second-order valence-corrected chi connectivity index (χ2v) is 4.17. The van der Waals surface area contributed by atoms with Crippen molar-refractivity contribution in [3.8, 4) is 11.1 Å². The molecule has 0 amide bonds. The summed E-state index contributed by atoms with van der Waals surface area (Å²) in [7, 11) is 2.77. The molecule has 20 heavy (non-hydrogen) atoms. The molecule has 2 aromatic rings. The van der Waals surface area contributed by atoms with E-state index in [0.29, 0.717) is 5.56 Å². The molecule has 104 valence electrons. The monoisotopic (exact) mass is 273 g/mol. The maximum absolute atomic E-state index is 7.77. The highest BCUT2D eigenvalue weighted by Crippen LogP contribution is 2.29. The first kappa shape index (κ1) is 13.8. The number of nitrogens with one attached hydrogen (secondary N) is 2. The van der Waals surface area contributed by atoms with Crippen LogP contribution in [0.2, 0.25) is 0 Å². The average Bonchev–Trinajstić information content (AvgIpc) is 2.91. The van der Waals surface area contributed by atoms with Gasteiger partial charge in [-0.15, -0.1) is 0 Å². The Hall–Kier alpha value is -2.63. The number of hydrogen-bond acceptors (Lipinski definition) is 6. The van der Waals surface area contributed by atoms with Gasteiger partial charge in [-0.2, -0.15) is 0 Å². The van der Waals surface area contributed by atoms with Crippen LogP contribution in [0.4, 0.5) is 0 Å². The van der Waals surface area contributed by atoms with Crippen LogP contribution in [0.15, 0.2) is 28.8 Å². The van der Waals surface area contributed by atoms with Gasteiger partial charge in [0.05, 0.1) is 19.8 Å². The minimum Gasteiger partial charge on any atom is -0.480 e. The normalized spacial score (nSPS) is 10.2. The number of methoxy groups -OCH3 is 2. The molecule has 0 saturated carbocycles. The van der Waals surface area contributed by atoms with Gasteiger partial charge in [-0.05, 0) is 12.5 Å². The molecular formula is C14H15N3O3. The third-order valence-electron chi connectivity index (χ3n) is 2.86. The summed E-state index contributed by atoms with van der Waals surface area (Å²) in [5.41, 5.74) is 2.65. The Labute approximate surface area is 116 Å². The Balaban J connectivity index is 2.63. The lowest BCUT2D eigenvalue weighted by atomic mass is 10.0. The van der Waals surface area contributed by atoms with Crippen LogP contribution in [0.1, 0.15) is 17.0 Å². The van der Waals surface area contributed by atoms with E-state index in [4.69, 9.17) is 24.8 Å². The van der Waals surface area contributed by atoms with Crippen molar-refractivity contribution < 1.29 is 14.0 Å². The van der Waals surface area contributed by atoms with Crippen molar-refractivity contribution in [3.05, 3.63) is 41.3 Å². The largest absolute Gasteiger partial charge is 0.480 e. The number of benzene rings is 1. The Morgan fingerprint density at radius 3 is 2.20 bits per heavy atom. The van der Waals surface area contributed by atoms with Gasteiger partial charge in [0.1, 0.15) is 0 Å². The summed E-state index contributed by atoms with van der Waals surface area (Å²) in [6, 6.07) is 7.62. The Bertz CT molecular complexity index is 611. The molecule has 1 heterocycles. The lowest BCUT2D eigenvalue weighted by Crippen LogP contribution is -2.06. The second-order valence-electron chi connectivity index (χ2n) is 4.17. The molecular weight excluding hydrogens is 258 g/mol. The Morgan fingerprint density at radius 1 is 1.05 bits per heavy atom. The molecule has 6 heteroatoms. The van der Waals surface area contributed by atoms with Crippen LogP contribution in [0.3, 0.4) is 0 Å². The molecule has 0 saturated heterocycles. The molecule has 0 atom stereocenters. The summed E-state index contributed by atoms with van der Waals surface area (Å²) in [5, 5.41) is 19.3. The maximum Gasteiger partial charge on any atom is 0.253 e. The minimum atomic E-state index is -0.150. The predicted octanol–water partition coefficient (Wildman–Crippen LogP) is 2.59. The van der Waals surface area contributed by atoms with Gasteiger partial charge in [-0.25, -0.2) is 0 Å². The molecule has 1 aromatic carbocycles. The molecule has 0 aliphatic carbocycles. The highest BCUT2D eigenvalue weighted by atomic mass is 16.5. The molecule has 0 radical (unpaired) electrons. The van der Waals surface area contributed by atoms with Gasteiger partial charge < -0.3 is 14.0 Å². The van der Waals surface area contributed by atoms with Gasteiger partial charge in [0.15, 0.2) is 5.69 Å². The number of ether oxygens (including phenoxy) is 2. The van der Waals surface area contributed by atoms with E-state index >= 15 is 0 Å². The molecule has 0 bridgehead atoms.